The first-order valence-corrected chi connectivity index (χ1v) is 9.82. The Labute approximate surface area is 156 Å². The molecule has 2 aromatic rings. The maximum Gasteiger partial charge on any atom is 0.271 e. The minimum Gasteiger partial charge on any atom is -0.492 e. The molecule has 2 N–H and O–H groups in total. The fourth-order valence-corrected chi connectivity index (χ4v) is 3.13. The topological polar surface area (TPSA) is 111 Å². The molecule has 140 valence electrons. The second-order valence-corrected chi connectivity index (χ2v) is 7.71. The van der Waals surface area contributed by atoms with Crippen molar-refractivity contribution in [2.75, 3.05) is 29.4 Å². The summed E-state index contributed by atoms with van der Waals surface area (Å²) in [5.74, 6) is 0.581. The SMILES string of the molecule is Cc1cc([N+](=O)[O-])cc(Cl)c1NCCOc1ccc(NS(C)(=O)=O)cc1. The maximum absolute atomic E-state index is 11.1. The number of non-ortho nitro benzene ring substituents is 1. The number of hydrogen-bond acceptors (Lipinski definition) is 6. The number of rotatable bonds is 8. The summed E-state index contributed by atoms with van der Waals surface area (Å²) in [6.07, 6.45) is 1.08. The molecule has 26 heavy (non-hydrogen) atoms. The van der Waals surface area contributed by atoms with E-state index in [2.05, 4.69) is 10.0 Å². The van der Waals surface area contributed by atoms with E-state index < -0.39 is 14.9 Å². The highest BCUT2D eigenvalue weighted by Gasteiger charge is 2.12. The summed E-state index contributed by atoms with van der Waals surface area (Å²) in [4.78, 5) is 10.3. The van der Waals surface area contributed by atoms with E-state index in [0.717, 1.165) is 6.26 Å². The van der Waals surface area contributed by atoms with Crippen LogP contribution >= 0.6 is 11.6 Å². The van der Waals surface area contributed by atoms with Gasteiger partial charge in [-0.25, -0.2) is 8.42 Å². The lowest BCUT2D eigenvalue weighted by molar-refractivity contribution is -0.384. The highest BCUT2D eigenvalue weighted by atomic mass is 35.5. The van der Waals surface area contributed by atoms with Crippen molar-refractivity contribution in [1.82, 2.24) is 0 Å². The Hall–Kier alpha value is -2.52. The Bertz CT molecular complexity index is 878. The lowest BCUT2D eigenvalue weighted by atomic mass is 10.2. The predicted molar refractivity (Wildman–Crippen MR) is 102 cm³/mol. The summed E-state index contributed by atoms with van der Waals surface area (Å²) in [6.45, 7) is 2.49. The van der Waals surface area contributed by atoms with Crippen LogP contribution in [0.3, 0.4) is 0 Å². The van der Waals surface area contributed by atoms with Crippen LogP contribution in [-0.2, 0) is 10.0 Å². The first-order valence-electron chi connectivity index (χ1n) is 7.55. The summed E-state index contributed by atoms with van der Waals surface area (Å²) in [7, 11) is -3.31. The lowest BCUT2D eigenvalue weighted by Crippen LogP contribution is -2.13. The molecule has 0 aliphatic rings. The minimum atomic E-state index is -3.31. The number of hydrogen-bond donors (Lipinski definition) is 2. The number of anilines is 2. The highest BCUT2D eigenvalue weighted by molar-refractivity contribution is 7.92. The van der Waals surface area contributed by atoms with E-state index in [4.69, 9.17) is 16.3 Å². The Morgan fingerprint density at radius 2 is 1.88 bits per heavy atom. The van der Waals surface area contributed by atoms with Gasteiger partial charge in [-0.15, -0.1) is 0 Å². The van der Waals surface area contributed by atoms with Crippen molar-refractivity contribution < 1.29 is 18.1 Å². The molecule has 0 amide bonds. The largest absolute Gasteiger partial charge is 0.492 e. The number of nitrogens with one attached hydrogen (secondary N) is 2. The molecule has 0 radical (unpaired) electrons. The van der Waals surface area contributed by atoms with Crippen LogP contribution < -0.4 is 14.8 Å². The van der Waals surface area contributed by atoms with E-state index in [1.165, 1.54) is 12.1 Å². The van der Waals surface area contributed by atoms with Gasteiger partial charge in [-0.2, -0.15) is 0 Å². The molecule has 0 bridgehead atoms. The third-order valence-electron chi connectivity index (χ3n) is 3.31. The van der Waals surface area contributed by atoms with Crippen LogP contribution in [-0.4, -0.2) is 32.7 Å². The van der Waals surface area contributed by atoms with Gasteiger partial charge in [0.2, 0.25) is 10.0 Å². The lowest BCUT2D eigenvalue weighted by Gasteiger charge is -2.12. The predicted octanol–water partition coefficient (Wildman–Crippen LogP) is 3.42. The molecule has 0 saturated carbocycles. The second-order valence-electron chi connectivity index (χ2n) is 5.55. The molecular formula is C16H18ClN3O5S. The zero-order chi connectivity index (χ0) is 19.3. The van der Waals surface area contributed by atoms with Gasteiger partial charge >= 0.3 is 0 Å². The van der Waals surface area contributed by atoms with Crippen LogP contribution in [0, 0.1) is 17.0 Å². The van der Waals surface area contributed by atoms with E-state index in [1.807, 2.05) is 0 Å². The van der Waals surface area contributed by atoms with Gasteiger partial charge in [-0.1, -0.05) is 11.6 Å². The number of aryl methyl sites for hydroxylation is 1. The molecule has 0 unspecified atom stereocenters. The number of nitro groups is 1. The van der Waals surface area contributed by atoms with Crippen LogP contribution in [0.15, 0.2) is 36.4 Å². The Kier molecular flexibility index (Phi) is 6.27. The van der Waals surface area contributed by atoms with Gasteiger partial charge in [-0.3, -0.25) is 14.8 Å². The van der Waals surface area contributed by atoms with Gasteiger partial charge in [0.05, 0.1) is 21.9 Å². The summed E-state index contributed by atoms with van der Waals surface area (Å²) in [6, 6.07) is 9.24. The molecule has 10 heteroatoms. The van der Waals surface area contributed by atoms with E-state index in [9.17, 15) is 18.5 Å². The standard InChI is InChI=1S/C16H18ClN3O5S/c1-11-9-13(20(21)22)10-15(17)16(11)18-7-8-25-14-5-3-12(4-6-14)19-26(2,23)24/h3-6,9-10,18-19H,7-8H2,1-2H3. The minimum absolute atomic E-state index is 0.0582. The van der Waals surface area contributed by atoms with Crippen molar-refractivity contribution in [1.29, 1.82) is 0 Å². The number of ether oxygens (including phenoxy) is 1. The molecule has 8 nitrogen and oxygen atoms in total. The first kappa shape index (κ1) is 19.8. The van der Waals surface area contributed by atoms with Gasteiger partial charge < -0.3 is 10.1 Å². The Balaban J connectivity index is 1.88. The summed E-state index contributed by atoms with van der Waals surface area (Å²) < 4.78 is 30.2. The number of benzene rings is 2. The van der Waals surface area contributed by atoms with E-state index in [1.54, 1.807) is 31.2 Å². The number of nitrogens with zero attached hydrogens (tertiary/aromatic N) is 1. The van der Waals surface area contributed by atoms with Gasteiger partial charge in [0, 0.05) is 24.4 Å². The molecule has 2 aromatic carbocycles. The molecule has 0 aromatic heterocycles. The van der Waals surface area contributed by atoms with Gasteiger partial charge in [-0.05, 0) is 36.8 Å². The Morgan fingerprint density at radius 1 is 1.23 bits per heavy atom. The molecule has 0 saturated heterocycles. The maximum atomic E-state index is 11.1. The van der Waals surface area contributed by atoms with E-state index in [0.29, 0.717) is 35.8 Å². The number of sulfonamides is 1. The third-order valence-corrected chi connectivity index (χ3v) is 4.22. The van der Waals surface area contributed by atoms with Crippen LogP contribution in [0.2, 0.25) is 5.02 Å². The molecular weight excluding hydrogens is 382 g/mol. The van der Waals surface area contributed by atoms with Crippen LogP contribution in [0.1, 0.15) is 5.56 Å². The van der Waals surface area contributed by atoms with Crippen molar-refractivity contribution in [2.45, 2.75) is 6.92 Å². The van der Waals surface area contributed by atoms with Crippen molar-refractivity contribution >= 4 is 38.7 Å². The summed E-state index contributed by atoms with van der Waals surface area (Å²) in [5.41, 5.74) is 1.68. The molecule has 0 fully saturated rings. The first-order chi connectivity index (χ1) is 12.2. The average molecular weight is 400 g/mol. The smallest absolute Gasteiger partial charge is 0.271 e. The van der Waals surface area contributed by atoms with Crippen molar-refractivity contribution in [2.24, 2.45) is 0 Å². The Morgan fingerprint density at radius 3 is 2.42 bits per heavy atom. The number of nitro benzene ring substituents is 1. The fraction of sp³-hybridized carbons (Fsp3) is 0.250. The molecule has 0 heterocycles. The molecule has 0 aliphatic carbocycles. The van der Waals surface area contributed by atoms with Gasteiger partial charge in [0.1, 0.15) is 12.4 Å². The normalized spacial score (nSPS) is 11.0. The second kappa shape index (κ2) is 8.24. The van der Waals surface area contributed by atoms with Crippen molar-refractivity contribution in [3.8, 4) is 5.75 Å². The van der Waals surface area contributed by atoms with Crippen LogP contribution in [0.25, 0.3) is 0 Å². The summed E-state index contributed by atoms with van der Waals surface area (Å²) in [5, 5.41) is 14.2. The fourth-order valence-electron chi connectivity index (χ4n) is 2.23. The highest BCUT2D eigenvalue weighted by Crippen LogP contribution is 2.30. The monoisotopic (exact) mass is 399 g/mol. The number of halogens is 1. The zero-order valence-electron chi connectivity index (χ0n) is 14.2. The van der Waals surface area contributed by atoms with E-state index in [-0.39, 0.29) is 10.7 Å². The van der Waals surface area contributed by atoms with Gasteiger partial charge in [0.15, 0.2) is 0 Å². The van der Waals surface area contributed by atoms with Crippen LogP contribution in [0.5, 0.6) is 5.75 Å². The van der Waals surface area contributed by atoms with Gasteiger partial charge in [0.25, 0.3) is 5.69 Å². The molecule has 0 aliphatic heterocycles. The van der Waals surface area contributed by atoms with E-state index >= 15 is 0 Å². The average Bonchev–Trinajstić information content (AvgIpc) is 2.53. The third kappa shape index (κ3) is 5.78. The van der Waals surface area contributed by atoms with Crippen molar-refractivity contribution in [3.63, 3.8) is 0 Å². The quantitative estimate of drug-likeness (QED) is 0.399. The van der Waals surface area contributed by atoms with Crippen molar-refractivity contribution in [3.05, 3.63) is 57.1 Å². The summed E-state index contributed by atoms with van der Waals surface area (Å²) >= 11 is 6.08. The molecule has 0 atom stereocenters. The molecule has 2 rings (SSSR count). The zero-order valence-corrected chi connectivity index (χ0v) is 15.7. The molecule has 0 spiro atoms. The van der Waals surface area contributed by atoms with Crippen LogP contribution in [0.4, 0.5) is 17.1 Å².